The molecule has 0 radical (unpaired) electrons. The topological polar surface area (TPSA) is 3.24 Å². The summed E-state index contributed by atoms with van der Waals surface area (Å²) in [7, 11) is 2.19. The summed E-state index contributed by atoms with van der Waals surface area (Å²) < 4.78 is 0. The molecule has 2 aromatic carbocycles. The second-order valence-corrected chi connectivity index (χ2v) is 8.64. The number of hydrogen-bond acceptors (Lipinski definition) is 1. The summed E-state index contributed by atoms with van der Waals surface area (Å²) >= 11 is 0. The molecular weight excluding hydrogens is 350 g/mol. The van der Waals surface area contributed by atoms with Crippen molar-refractivity contribution in [3.8, 4) is 11.1 Å². The highest BCUT2D eigenvalue weighted by Gasteiger charge is 2.18. The van der Waals surface area contributed by atoms with Gasteiger partial charge >= 0.3 is 0 Å². The summed E-state index contributed by atoms with van der Waals surface area (Å²) in [5.41, 5.74) is 11.3. The maximum Gasteiger partial charge on any atom is 0.0406 e. The van der Waals surface area contributed by atoms with Gasteiger partial charge in [-0.2, -0.15) is 0 Å². The first-order valence-corrected chi connectivity index (χ1v) is 10.9. The molecule has 0 amide bonds. The van der Waals surface area contributed by atoms with E-state index >= 15 is 0 Å². The Morgan fingerprint density at radius 3 is 2.24 bits per heavy atom. The molecule has 5 rings (SSSR count). The van der Waals surface area contributed by atoms with Gasteiger partial charge in [0.2, 0.25) is 0 Å². The fraction of sp³-hybridized carbons (Fsp3) is 0.286. The Labute approximate surface area is 174 Å². The van der Waals surface area contributed by atoms with Gasteiger partial charge in [-0.15, -0.1) is 0 Å². The molecule has 0 aromatic heterocycles. The zero-order chi connectivity index (χ0) is 19.8. The van der Waals surface area contributed by atoms with Crippen molar-refractivity contribution in [1.82, 2.24) is 0 Å². The predicted octanol–water partition coefficient (Wildman–Crippen LogP) is 7.01. The van der Waals surface area contributed by atoms with Crippen molar-refractivity contribution in [1.29, 1.82) is 0 Å². The summed E-state index contributed by atoms with van der Waals surface area (Å²) in [4.78, 5) is 2.34. The standard InChI is InChI=1S/C28H29N/c1-20-3-5-21(6-4-20)22-11-15-27(16-12-22)29(2)28-17-13-24(14-18-28)26-10-8-23-7-9-25(23)19-26/h3-5,8,10-11,13-15,17-19,21H,6-7,9,12,16H2,1-2H3. The van der Waals surface area contributed by atoms with Crippen molar-refractivity contribution in [3.63, 3.8) is 0 Å². The molecule has 0 aliphatic heterocycles. The Balaban J connectivity index is 1.30. The molecule has 0 N–H and O–H groups in total. The van der Waals surface area contributed by atoms with Crippen LogP contribution in [0.25, 0.3) is 11.1 Å². The summed E-state index contributed by atoms with van der Waals surface area (Å²) in [6.07, 6.45) is 17.6. The van der Waals surface area contributed by atoms with Crippen molar-refractivity contribution in [2.45, 2.75) is 39.0 Å². The minimum Gasteiger partial charge on any atom is -0.348 e. The number of rotatable bonds is 4. The lowest BCUT2D eigenvalue weighted by Gasteiger charge is -2.28. The average Bonchev–Trinajstić information content (AvgIpc) is 2.75. The molecule has 0 saturated carbocycles. The van der Waals surface area contributed by atoms with E-state index in [1.54, 1.807) is 5.57 Å². The summed E-state index contributed by atoms with van der Waals surface area (Å²) in [6, 6.07) is 16.0. The maximum atomic E-state index is 2.37. The number of hydrogen-bond donors (Lipinski definition) is 0. The first kappa shape index (κ1) is 18.2. The van der Waals surface area contributed by atoms with E-state index in [1.165, 1.54) is 52.1 Å². The molecule has 0 bridgehead atoms. The van der Waals surface area contributed by atoms with Crippen LogP contribution in [0.1, 0.15) is 37.3 Å². The van der Waals surface area contributed by atoms with Crippen LogP contribution in [0, 0.1) is 5.92 Å². The lowest BCUT2D eigenvalue weighted by molar-refractivity contribution is 0.693. The van der Waals surface area contributed by atoms with Crippen LogP contribution in [0.2, 0.25) is 0 Å². The first-order chi connectivity index (χ1) is 14.2. The molecule has 0 heterocycles. The Morgan fingerprint density at radius 2 is 1.62 bits per heavy atom. The lowest BCUT2D eigenvalue weighted by Crippen LogP contribution is -2.18. The zero-order valence-electron chi connectivity index (χ0n) is 17.5. The Bertz CT molecular complexity index is 1050. The van der Waals surface area contributed by atoms with E-state index in [1.807, 2.05) is 0 Å². The van der Waals surface area contributed by atoms with Crippen LogP contribution in [0.4, 0.5) is 5.69 Å². The van der Waals surface area contributed by atoms with E-state index in [2.05, 4.69) is 91.7 Å². The van der Waals surface area contributed by atoms with E-state index in [0.717, 1.165) is 19.3 Å². The highest BCUT2D eigenvalue weighted by molar-refractivity contribution is 5.69. The first-order valence-electron chi connectivity index (χ1n) is 10.9. The number of allylic oxidation sites excluding steroid dienone is 8. The van der Waals surface area contributed by atoms with Gasteiger partial charge in [0, 0.05) is 24.4 Å². The molecule has 1 heteroatoms. The highest BCUT2D eigenvalue weighted by atomic mass is 15.1. The van der Waals surface area contributed by atoms with Crippen LogP contribution >= 0.6 is 0 Å². The molecule has 2 aromatic rings. The van der Waals surface area contributed by atoms with Gasteiger partial charge in [0.05, 0.1) is 0 Å². The van der Waals surface area contributed by atoms with Crippen LogP contribution in [0.3, 0.4) is 0 Å². The third-order valence-electron chi connectivity index (χ3n) is 6.81. The molecule has 3 aliphatic carbocycles. The molecule has 1 atom stereocenters. The van der Waals surface area contributed by atoms with Gasteiger partial charge in [0.25, 0.3) is 0 Å². The summed E-state index contributed by atoms with van der Waals surface area (Å²) in [5, 5.41) is 0. The predicted molar refractivity (Wildman–Crippen MR) is 124 cm³/mol. The Hall–Kier alpha value is -2.80. The normalized spacial score (nSPS) is 20.2. The third-order valence-corrected chi connectivity index (χ3v) is 6.81. The highest BCUT2D eigenvalue weighted by Crippen LogP contribution is 2.34. The van der Waals surface area contributed by atoms with Gasteiger partial charge in [0.1, 0.15) is 0 Å². The van der Waals surface area contributed by atoms with E-state index < -0.39 is 0 Å². The lowest BCUT2D eigenvalue weighted by atomic mass is 9.85. The number of aryl methyl sites for hydroxylation is 2. The summed E-state index contributed by atoms with van der Waals surface area (Å²) in [5.74, 6) is 0.587. The van der Waals surface area contributed by atoms with Gasteiger partial charge < -0.3 is 4.90 Å². The molecule has 1 nitrogen and oxygen atoms in total. The molecule has 146 valence electrons. The molecule has 0 fully saturated rings. The SMILES string of the molecule is CC1=CCC(C2=CC=C(N(C)c3ccc(-c4ccc5c(c4)CC5)cc3)CC2)C=C1. The van der Waals surface area contributed by atoms with Crippen molar-refractivity contribution in [2.24, 2.45) is 5.92 Å². The number of fused-ring (bicyclic) bond motifs is 1. The minimum absolute atomic E-state index is 0.587. The summed E-state index contributed by atoms with van der Waals surface area (Å²) in [6.45, 7) is 2.18. The Morgan fingerprint density at radius 1 is 0.828 bits per heavy atom. The van der Waals surface area contributed by atoms with E-state index in [4.69, 9.17) is 0 Å². The van der Waals surface area contributed by atoms with E-state index in [9.17, 15) is 0 Å². The molecular formula is C28H29N. The molecule has 3 aliphatic rings. The molecule has 0 spiro atoms. The van der Waals surface area contributed by atoms with Crippen LogP contribution in [0.5, 0.6) is 0 Å². The molecule has 0 saturated heterocycles. The van der Waals surface area contributed by atoms with Gasteiger partial charge in [-0.3, -0.25) is 0 Å². The molecule has 1 unspecified atom stereocenters. The van der Waals surface area contributed by atoms with Gasteiger partial charge in [-0.25, -0.2) is 0 Å². The van der Waals surface area contributed by atoms with Gasteiger partial charge in [-0.05, 0) is 79.5 Å². The third kappa shape index (κ3) is 3.62. The fourth-order valence-corrected chi connectivity index (χ4v) is 4.65. The average molecular weight is 380 g/mol. The van der Waals surface area contributed by atoms with Crippen molar-refractivity contribution < 1.29 is 0 Å². The van der Waals surface area contributed by atoms with Crippen molar-refractivity contribution in [2.75, 3.05) is 11.9 Å². The maximum absolute atomic E-state index is 2.37. The number of benzene rings is 2. The Kier molecular flexibility index (Phi) is 4.75. The van der Waals surface area contributed by atoms with Crippen LogP contribution < -0.4 is 4.90 Å². The largest absolute Gasteiger partial charge is 0.348 e. The number of nitrogens with zero attached hydrogens (tertiary/aromatic N) is 1. The monoisotopic (exact) mass is 379 g/mol. The van der Waals surface area contributed by atoms with E-state index in [-0.39, 0.29) is 0 Å². The second kappa shape index (κ2) is 7.55. The van der Waals surface area contributed by atoms with Gasteiger partial charge in [0.15, 0.2) is 0 Å². The number of anilines is 1. The quantitative estimate of drug-likeness (QED) is 0.552. The smallest absolute Gasteiger partial charge is 0.0406 e. The second-order valence-electron chi connectivity index (χ2n) is 8.64. The van der Waals surface area contributed by atoms with Crippen LogP contribution in [0.15, 0.2) is 89.7 Å². The minimum atomic E-state index is 0.587. The zero-order valence-corrected chi connectivity index (χ0v) is 17.5. The van der Waals surface area contributed by atoms with Crippen molar-refractivity contribution >= 4 is 5.69 Å². The van der Waals surface area contributed by atoms with Crippen LogP contribution in [-0.2, 0) is 12.8 Å². The van der Waals surface area contributed by atoms with Gasteiger partial charge in [-0.1, -0.05) is 65.8 Å². The van der Waals surface area contributed by atoms with Crippen LogP contribution in [-0.4, -0.2) is 7.05 Å². The van der Waals surface area contributed by atoms with E-state index in [0.29, 0.717) is 5.92 Å². The fourth-order valence-electron chi connectivity index (χ4n) is 4.65. The van der Waals surface area contributed by atoms with Crippen molar-refractivity contribution in [3.05, 3.63) is 101 Å². The molecule has 29 heavy (non-hydrogen) atoms.